The molecule has 19 heavy (non-hydrogen) atoms. The van der Waals surface area contributed by atoms with E-state index in [0.717, 1.165) is 12.5 Å². The van der Waals surface area contributed by atoms with Gasteiger partial charge in [-0.05, 0) is 12.8 Å². The maximum atomic E-state index is 5.64. The molecule has 2 heterocycles. The molecule has 1 aliphatic carbocycles. The van der Waals surface area contributed by atoms with Crippen molar-refractivity contribution in [3.8, 4) is 0 Å². The summed E-state index contributed by atoms with van der Waals surface area (Å²) in [5, 5.41) is 3.41. The van der Waals surface area contributed by atoms with Gasteiger partial charge in [0.1, 0.15) is 0 Å². The molecule has 0 amide bonds. The number of ether oxygens (including phenoxy) is 2. The number of imidazole rings is 1. The van der Waals surface area contributed by atoms with Crippen LogP contribution in [0.15, 0.2) is 12.4 Å². The fraction of sp³-hybridized carbons (Fsp3) is 0.786. The van der Waals surface area contributed by atoms with Crippen LogP contribution in [-0.4, -0.2) is 42.0 Å². The number of anilines is 1. The molecule has 1 saturated heterocycles. The van der Waals surface area contributed by atoms with E-state index in [1.807, 2.05) is 6.20 Å². The Hall–Kier alpha value is -1.07. The second kappa shape index (κ2) is 6.39. The first kappa shape index (κ1) is 12.9. The second-order valence-electron chi connectivity index (χ2n) is 5.40. The molecule has 2 aliphatic rings. The Balaban J connectivity index is 1.56. The first-order chi connectivity index (χ1) is 9.43. The molecule has 1 atom stereocenters. The van der Waals surface area contributed by atoms with Crippen LogP contribution in [-0.2, 0) is 9.47 Å². The van der Waals surface area contributed by atoms with Crippen LogP contribution in [0.3, 0.4) is 0 Å². The lowest BCUT2D eigenvalue weighted by Gasteiger charge is -2.26. The number of hydrogen-bond donors (Lipinski definition) is 1. The summed E-state index contributed by atoms with van der Waals surface area (Å²) >= 11 is 0. The molecule has 1 N–H and O–H groups in total. The third-order valence-electron chi connectivity index (χ3n) is 4.01. The van der Waals surface area contributed by atoms with E-state index in [4.69, 9.17) is 9.47 Å². The second-order valence-corrected chi connectivity index (χ2v) is 5.40. The molecule has 1 aromatic rings. The number of aromatic nitrogens is 2. The highest BCUT2D eigenvalue weighted by atomic mass is 16.6. The van der Waals surface area contributed by atoms with Gasteiger partial charge in [-0.15, -0.1) is 0 Å². The van der Waals surface area contributed by atoms with Crippen LogP contribution >= 0.6 is 0 Å². The first-order valence-electron chi connectivity index (χ1n) is 7.39. The number of nitrogens with zero attached hydrogens (tertiary/aromatic N) is 2. The van der Waals surface area contributed by atoms with Crippen molar-refractivity contribution in [3.63, 3.8) is 0 Å². The maximum Gasteiger partial charge on any atom is 0.203 e. The van der Waals surface area contributed by atoms with Gasteiger partial charge in [-0.3, -0.25) is 0 Å². The summed E-state index contributed by atoms with van der Waals surface area (Å²) in [4.78, 5) is 4.43. The topological polar surface area (TPSA) is 48.3 Å². The summed E-state index contributed by atoms with van der Waals surface area (Å²) in [6, 6.07) is 0.613. The van der Waals surface area contributed by atoms with Crippen molar-refractivity contribution in [2.24, 2.45) is 0 Å². The quantitative estimate of drug-likeness (QED) is 0.907. The lowest BCUT2D eigenvalue weighted by Crippen LogP contribution is -2.34. The van der Waals surface area contributed by atoms with Gasteiger partial charge in [0, 0.05) is 25.0 Å². The molecule has 5 nitrogen and oxygen atoms in total. The Kier molecular flexibility index (Phi) is 4.35. The van der Waals surface area contributed by atoms with E-state index in [-0.39, 0.29) is 6.10 Å². The molecule has 0 spiro atoms. The predicted molar refractivity (Wildman–Crippen MR) is 73.4 cm³/mol. The maximum absolute atomic E-state index is 5.64. The molecule has 1 aliphatic heterocycles. The smallest absolute Gasteiger partial charge is 0.203 e. The van der Waals surface area contributed by atoms with Crippen LogP contribution in [0.1, 0.15) is 38.1 Å². The zero-order valence-corrected chi connectivity index (χ0v) is 11.4. The molecular formula is C14H23N3O2. The predicted octanol–water partition coefficient (Wildman–Crippen LogP) is 2.22. The van der Waals surface area contributed by atoms with Crippen molar-refractivity contribution in [1.29, 1.82) is 0 Å². The minimum Gasteiger partial charge on any atom is -0.376 e. The number of rotatable bonds is 4. The molecular weight excluding hydrogens is 242 g/mol. The largest absolute Gasteiger partial charge is 0.376 e. The van der Waals surface area contributed by atoms with Crippen molar-refractivity contribution in [2.75, 3.05) is 31.7 Å². The van der Waals surface area contributed by atoms with Crippen molar-refractivity contribution < 1.29 is 9.47 Å². The Labute approximate surface area is 114 Å². The average molecular weight is 265 g/mol. The summed E-state index contributed by atoms with van der Waals surface area (Å²) in [5.41, 5.74) is 0. The van der Waals surface area contributed by atoms with Crippen LogP contribution in [0.4, 0.5) is 5.95 Å². The van der Waals surface area contributed by atoms with Crippen molar-refractivity contribution in [1.82, 2.24) is 9.55 Å². The minimum absolute atomic E-state index is 0.144. The number of hydrogen-bond acceptors (Lipinski definition) is 4. The van der Waals surface area contributed by atoms with E-state index < -0.39 is 0 Å². The zero-order chi connectivity index (χ0) is 12.9. The molecule has 1 aromatic heterocycles. The molecule has 106 valence electrons. The van der Waals surface area contributed by atoms with E-state index in [1.165, 1.54) is 32.1 Å². The molecule has 5 heteroatoms. The highest BCUT2D eigenvalue weighted by molar-refractivity contribution is 5.27. The third-order valence-corrected chi connectivity index (χ3v) is 4.01. The van der Waals surface area contributed by atoms with Gasteiger partial charge in [0.25, 0.3) is 0 Å². The van der Waals surface area contributed by atoms with Gasteiger partial charge < -0.3 is 19.4 Å². The Morgan fingerprint density at radius 1 is 1.26 bits per heavy atom. The van der Waals surface area contributed by atoms with E-state index in [1.54, 1.807) is 0 Å². The standard InChI is InChI=1S/C14H23N3O2/c1-2-4-12(5-3-1)17-7-6-15-14(17)16-10-13-11-18-8-9-19-13/h6-7,12-13H,1-5,8-11H2,(H,15,16). The molecule has 0 radical (unpaired) electrons. The molecule has 3 rings (SSSR count). The molecule has 2 fully saturated rings. The van der Waals surface area contributed by atoms with Crippen LogP contribution in [0.2, 0.25) is 0 Å². The fourth-order valence-corrected chi connectivity index (χ4v) is 2.96. The van der Waals surface area contributed by atoms with Crippen molar-refractivity contribution >= 4 is 5.95 Å². The van der Waals surface area contributed by atoms with Crippen LogP contribution in [0.25, 0.3) is 0 Å². The summed E-state index contributed by atoms with van der Waals surface area (Å²) < 4.78 is 13.3. The highest BCUT2D eigenvalue weighted by Gasteiger charge is 2.19. The van der Waals surface area contributed by atoms with Gasteiger partial charge >= 0.3 is 0 Å². The van der Waals surface area contributed by atoms with Gasteiger partial charge in [0.2, 0.25) is 5.95 Å². The molecule has 0 aromatic carbocycles. The highest BCUT2D eigenvalue weighted by Crippen LogP contribution is 2.30. The summed E-state index contributed by atoms with van der Waals surface area (Å²) in [6.45, 7) is 2.86. The van der Waals surface area contributed by atoms with Gasteiger partial charge in [-0.25, -0.2) is 4.98 Å². The Morgan fingerprint density at radius 2 is 2.16 bits per heavy atom. The Bertz CT molecular complexity index is 382. The van der Waals surface area contributed by atoms with Crippen molar-refractivity contribution in [2.45, 2.75) is 44.2 Å². The molecule has 0 bridgehead atoms. The fourth-order valence-electron chi connectivity index (χ4n) is 2.96. The average Bonchev–Trinajstić information content (AvgIpc) is 2.95. The SMILES string of the molecule is c1cn(C2CCCCC2)c(NCC2COCCO2)n1. The first-order valence-corrected chi connectivity index (χ1v) is 7.39. The summed E-state index contributed by atoms with van der Waals surface area (Å²) in [7, 11) is 0. The van der Waals surface area contributed by atoms with E-state index in [0.29, 0.717) is 25.9 Å². The van der Waals surface area contributed by atoms with E-state index in [9.17, 15) is 0 Å². The van der Waals surface area contributed by atoms with Gasteiger partial charge in [-0.2, -0.15) is 0 Å². The summed E-state index contributed by atoms with van der Waals surface area (Å²) in [6.07, 6.45) is 10.7. The van der Waals surface area contributed by atoms with Crippen LogP contribution in [0.5, 0.6) is 0 Å². The van der Waals surface area contributed by atoms with Gasteiger partial charge in [-0.1, -0.05) is 19.3 Å². The Morgan fingerprint density at radius 3 is 2.95 bits per heavy atom. The molecule has 1 unspecified atom stereocenters. The minimum atomic E-state index is 0.144. The van der Waals surface area contributed by atoms with Crippen LogP contribution in [0, 0.1) is 0 Å². The lowest BCUT2D eigenvalue weighted by atomic mass is 9.95. The normalized spacial score (nSPS) is 25.4. The lowest BCUT2D eigenvalue weighted by molar-refractivity contribution is -0.0819. The molecule has 1 saturated carbocycles. The zero-order valence-electron chi connectivity index (χ0n) is 11.4. The van der Waals surface area contributed by atoms with E-state index >= 15 is 0 Å². The third kappa shape index (κ3) is 3.28. The summed E-state index contributed by atoms with van der Waals surface area (Å²) in [5.74, 6) is 0.973. The van der Waals surface area contributed by atoms with Crippen molar-refractivity contribution in [3.05, 3.63) is 12.4 Å². The van der Waals surface area contributed by atoms with Gasteiger partial charge in [0.15, 0.2) is 0 Å². The van der Waals surface area contributed by atoms with E-state index in [2.05, 4.69) is 21.1 Å². The monoisotopic (exact) mass is 265 g/mol. The number of nitrogens with one attached hydrogen (secondary N) is 1. The van der Waals surface area contributed by atoms with Gasteiger partial charge in [0.05, 0.1) is 25.9 Å². The van der Waals surface area contributed by atoms with Crippen LogP contribution < -0.4 is 5.32 Å².